The van der Waals surface area contributed by atoms with Gasteiger partial charge in [-0.3, -0.25) is 14.8 Å². The van der Waals surface area contributed by atoms with E-state index in [-0.39, 0.29) is 0 Å². The summed E-state index contributed by atoms with van der Waals surface area (Å²) in [4.78, 5) is 16.5. The molecule has 1 aromatic heterocycles. The minimum atomic E-state index is 0.316. The Morgan fingerprint density at radius 1 is 1.30 bits per heavy atom. The number of H-pyrrole nitrogens is 1. The fourth-order valence-corrected chi connectivity index (χ4v) is 3.29. The monoisotopic (exact) mass is 276 g/mol. The number of aromatic amines is 1. The Bertz CT molecular complexity index is 456. The molecular weight excluding hydrogens is 252 g/mol. The second-order valence-electron chi connectivity index (χ2n) is 6.11. The van der Waals surface area contributed by atoms with E-state index in [0.29, 0.717) is 18.4 Å². The van der Waals surface area contributed by atoms with E-state index in [1.54, 1.807) is 0 Å². The number of aryl methyl sites for hydroxylation is 1. The molecule has 0 spiro atoms. The quantitative estimate of drug-likeness (QED) is 0.910. The largest absolute Gasteiger partial charge is 0.342 e. The van der Waals surface area contributed by atoms with E-state index >= 15 is 0 Å². The Morgan fingerprint density at radius 2 is 2.00 bits per heavy atom. The topological polar surface area (TPSA) is 52.2 Å². The zero-order chi connectivity index (χ0) is 13.9. The lowest BCUT2D eigenvalue weighted by Crippen LogP contribution is -2.42. The molecule has 0 bridgehead atoms. The van der Waals surface area contributed by atoms with Crippen LogP contribution in [-0.4, -0.2) is 58.6 Å². The van der Waals surface area contributed by atoms with E-state index in [1.807, 2.05) is 11.8 Å². The predicted octanol–water partition coefficient (Wildman–Crippen LogP) is 1.52. The smallest absolute Gasteiger partial charge is 0.236 e. The zero-order valence-electron chi connectivity index (χ0n) is 12.3. The van der Waals surface area contributed by atoms with Crippen molar-refractivity contribution < 1.29 is 4.79 Å². The molecule has 2 aliphatic rings. The van der Waals surface area contributed by atoms with E-state index in [4.69, 9.17) is 0 Å². The van der Waals surface area contributed by atoms with Crippen molar-refractivity contribution in [3.05, 3.63) is 17.5 Å². The number of aromatic nitrogens is 2. The first-order chi connectivity index (χ1) is 9.72. The van der Waals surface area contributed by atoms with Gasteiger partial charge in [-0.05, 0) is 51.8 Å². The van der Waals surface area contributed by atoms with Gasteiger partial charge in [0.15, 0.2) is 0 Å². The van der Waals surface area contributed by atoms with Gasteiger partial charge in [-0.1, -0.05) is 0 Å². The Kier molecular flexibility index (Phi) is 4.05. The van der Waals surface area contributed by atoms with Crippen LogP contribution in [0.3, 0.4) is 0 Å². The maximum Gasteiger partial charge on any atom is 0.236 e. The highest BCUT2D eigenvalue weighted by molar-refractivity contribution is 5.78. The summed E-state index contributed by atoms with van der Waals surface area (Å²) in [6, 6.07) is 2.15. The lowest BCUT2D eigenvalue weighted by molar-refractivity contribution is -0.131. The molecule has 1 aromatic rings. The van der Waals surface area contributed by atoms with Crippen molar-refractivity contribution in [2.75, 3.05) is 32.7 Å². The van der Waals surface area contributed by atoms with Crippen molar-refractivity contribution in [2.24, 2.45) is 0 Å². The van der Waals surface area contributed by atoms with Crippen molar-refractivity contribution in [1.29, 1.82) is 0 Å². The summed E-state index contributed by atoms with van der Waals surface area (Å²) < 4.78 is 0. The third-order valence-electron chi connectivity index (χ3n) is 4.55. The Balaban J connectivity index is 1.47. The summed E-state index contributed by atoms with van der Waals surface area (Å²) in [5.41, 5.74) is 2.32. The molecule has 20 heavy (non-hydrogen) atoms. The van der Waals surface area contributed by atoms with Gasteiger partial charge in [0, 0.05) is 24.7 Å². The molecule has 0 atom stereocenters. The highest BCUT2D eigenvalue weighted by Gasteiger charge is 2.25. The number of carbonyl (C=O) groups is 1. The van der Waals surface area contributed by atoms with Crippen LogP contribution in [0.4, 0.5) is 0 Å². The van der Waals surface area contributed by atoms with E-state index < -0.39 is 0 Å². The van der Waals surface area contributed by atoms with Gasteiger partial charge in [-0.25, -0.2) is 0 Å². The molecule has 1 amide bonds. The van der Waals surface area contributed by atoms with E-state index in [9.17, 15) is 4.79 Å². The Labute approximate surface area is 120 Å². The minimum Gasteiger partial charge on any atom is -0.342 e. The first-order valence-electron chi connectivity index (χ1n) is 7.74. The lowest BCUT2D eigenvalue weighted by atomic mass is 9.93. The van der Waals surface area contributed by atoms with Crippen LogP contribution in [0.5, 0.6) is 0 Å². The van der Waals surface area contributed by atoms with Gasteiger partial charge in [0.05, 0.1) is 12.2 Å². The Hall–Kier alpha value is -1.36. The number of hydrogen-bond donors (Lipinski definition) is 1. The van der Waals surface area contributed by atoms with Gasteiger partial charge in [0.2, 0.25) is 5.91 Å². The first kappa shape index (κ1) is 13.6. The predicted molar refractivity (Wildman–Crippen MR) is 77.6 cm³/mol. The second kappa shape index (κ2) is 5.95. The summed E-state index contributed by atoms with van der Waals surface area (Å²) in [5, 5.41) is 7.39. The number of hydrogen-bond acceptors (Lipinski definition) is 3. The number of carbonyl (C=O) groups excluding carboxylic acids is 1. The highest BCUT2D eigenvalue weighted by Crippen LogP contribution is 2.26. The van der Waals surface area contributed by atoms with Gasteiger partial charge in [0.1, 0.15) is 0 Å². The summed E-state index contributed by atoms with van der Waals surface area (Å²) in [5.74, 6) is 0.870. The molecule has 0 aliphatic carbocycles. The van der Waals surface area contributed by atoms with Gasteiger partial charge in [0.25, 0.3) is 0 Å². The first-order valence-corrected chi connectivity index (χ1v) is 7.74. The molecule has 3 rings (SSSR count). The third-order valence-corrected chi connectivity index (χ3v) is 4.55. The molecule has 0 aromatic carbocycles. The van der Waals surface area contributed by atoms with Crippen LogP contribution in [-0.2, 0) is 4.79 Å². The summed E-state index contributed by atoms with van der Waals surface area (Å²) in [6.45, 7) is 6.59. The third kappa shape index (κ3) is 3.03. The molecule has 2 saturated heterocycles. The molecule has 2 fully saturated rings. The van der Waals surface area contributed by atoms with Crippen LogP contribution in [0.15, 0.2) is 6.07 Å². The number of nitrogens with one attached hydrogen (secondary N) is 1. The summed E-state index contributed by atoms with van der Waals surface area (Å²) in [7, 11) is 0. The van der Waals surface area contributed by atoms with Crippen molar-refractivity contribution in [3.8, 4) is 0 Å². The average Bonchev–Trinajstić information content (AvgIpc) is 3.10. The van der Waals surface area contributed by atoms with Crippen LogP contribution in [0.2, 0.25) is 0 Å². The lowest BCUT2D eigenvalue weighted by Gasteiger charge is -2.31. The van der Waals surface area contributed by atoms with Crippen molar-refractivity contribution in [3.63, 3.8) is 0 Å². The summed E-state index contributed by atoms with van der Waals surface area (Å²) >= 11 is 0. The van der Waals surface area contributed by atoms with Crippen molar-refractivity contribution >= 4 is 5.91 Å². The number of likely N-dealkylation sites (tertiary alicyclic amines) is 2. The average molecular weight is 276 g/mol. The van der Waals surface area contributed by atoms with Gasteiger partial charge < -0.3 is 4.90 Å². The molecule has 0 unspecified atom stereocenters. The molecule has 3 heterocycles. The summed E-state index contributed by atoms with van der Waals surface area (Å²) in [6.07, 6.45) is 4.56. The van der Waals surface area contributed by atoms with Crippen LogP contribution in [0.25, 0.3) is 0 Å². The van der Waals surface area contributed by atoms with Crippen molar-refractivity contribution in [1.82, 2.24) is 20.0 Å². The molecule has 0 saturated carbocycles. The van der Waals surface area contributed by atoms with E-state index in [1.165, 1.54) is 18.5 Å². The molecule has 1 N–H and O–H groups in total. The normalized spacial score (nSPS) is 21.6. The van der Waals surface area contributed by atoms with Crippen LogP contribution in [0.1, 0.15) is 43.0 Å². The molecule has 110 valence electrons. The number of rotatable bonds is 3. The van der Waals surface area contributed by atoms with Crippen LogP contribution < -0.4 is 0 Å². The van der Waals surface area contributed by atoms with Crippen LogP contribution in [0, 0.1) is 6.92 Å². The standard InChI is InChI=1S/C15H24N4O/c1-12-10-14(17-16-12)13-4-8-18(9-5-13)11-15(20)19-6-2-3-7-19/h10,13H,2-9,11H2,1H3,(H,16,17). The maximum absolute atomic E-state index is 12.1. The molecular formula is C15H24N4O. The Morgan fingerprint density at radius 3 is 2.60 bits per heavy atom. The zero-order valence-corrected chi connectivity index (χ0v) is 12.3. The molecule has 5 nitrogen and oxygen atoms in total. The molecule has 2 aliphatic heterocycles. The molecule has 0 radical (unpaired) electrons. The fraction of sp³-hybridized carbons (Fsp3) is 0.733. The van der Waals surface area contributed by atoms with E-state index in [2.05, 4.69) is 21.2 Å². The second-order valence-corrected chi connectivity index (χ2v) is 6.11. The van der Waals surface area contributed by atoms with Gasteiger partial charge in [-0.2, -0.15) is 5.10 Å². The van der Waals surface area contributed by atoms with Crippen LogP contribution >= 0.6 is 0 Å². The van der Waals surface area contributed by atoms with Gasteiger partial charge in [-0.15, -0.1) is 0 Å². The van der Waals surface area contributed by atoms with Crippen molar-refractivity contribution in [2.45, 2.75) is 38.5 Å². The SMILES string of the molecule is Cc1cc(C2CCN(CC(=O)N3CCCC3)CC2)n[nH]1. The number of nitrogens with zero attached hydrogens (tertiary/aromatic N) is 3. The minimum absolute atomic E-state index is 0.316. The fourth-order valence-electron chi connectivity index (χ4n) is 3.29. The highest BCUT2D eigenvalue weighted by atomic mass is 16.2. The molecule has 5 heteroatoms. The number of amides is 1. The van der Waals surface area contributed by atoms with E-state index in [0.717, 1.165) is 44.7 Å². The maximum atomic E-state index is 12.1. The van der Waals surface area contributed by atoms with Gasteiger partial charge >= 0.3 is 0 Å². The number of piperidine rings is 1.